The lowest BCUT2D eigenvalue weighted by atomic mass is 10.3. The van der Waals surface area contributed by atoms with Crippen LogP contribution in [0.2, 0.25) is 0 Å². The van der Waals surface area contributed by atoms with Crippen LogP contribution >= 0.6 is 31.9 Å². The van der Waals surface area contributed by atoms with Gasteiger partial charge in [0.15, 0.2) is 4.67 Å². The largest absolute Gasteiger partial charge is 0.452 e. The lowest BCUT2D eigenvalue weighted by Crippen LogP contribution is -2.33. The summed E-state index contributed by atoms with van der Waals surface area (Å²) in [5.74, 6) is 0.936. The molecule has 0 aromatic carbocycles. The molecule has 0 bridgehead atoms. The second-order valence-electron chi connectivity index (χ2n) is 4.09. The fourth-order valence-corrected chi connectivity index (χ4v) is 1.86. The first kappa shape index (κ1) is 14.2. The fourth-order valence-electron chi connectivity index (χ4n) is 1.20. The van der Waals surface area contributed by atoms with Gasteiger partial charge in [-0.25, -0.2) is 0 Å². The molecule has 0 saturated carbocycles. The SMILES string of the molecule is CC(C)N(C)CCNCc1cc(Br)c(Br)o1. The van der Waals surface area contributed by atoms with Crippen LogP contribution < -0.4 is 5.32 Å². The molecule has 0 spiro atoms. The number of rotatable bonds is 6. The average Bonchev–Trinajstić information content (AvgIpc) is 2.53. The molecule has 0 aliphatic rings. The first-order chi connectivity index (χ1) is 7.50. The molecule has 1 aromatic heterocycles. The van der Waals surface area contributed by atoms with Crippen LogP contribution in [0, 0.1) is 0 Å². The molecular formula is C11H18Br2N2O. The highest BCUT2D eigenvalue weighted by atomic mass is 79.9. The summed E-state index contributed by atoms with van der Waals surface area (Å²) in [5.41, 5.74) is 0. The number of hydrogen-bond donors (Lipinski definition) is 1. The van der Waals surface area contributed by atoms with Gasteiger partial charge < -0.3 is 14.6 Å². The normalized spacial score (nSPS) is 11.7. The number of nitrogens with one attached hydrogen (secondary N) is 1. The molecule has 0 saturated heterocycles. The maximum absolute atomic E-state index is 5.46. The Labute approximate surface area is 114 Å². The average molecular weight is 354 g/mol. The Morgan fingerprint density at radius 3 is 2.62 bits per heavy atom. The summed E-state index contributed by atoms with van der Waals surface area (Å²) >= 11 is 6.71. The minimum absolute atomic E-state index is 0.591. The lowest BCUT2D eigenvalue weighted by Gasteiger charge is -2.20. The van der Waals surface area contributed by atoms with E-state index in [0.29, 0.717) is 6.04 Å². The van der Waals surface area contributed by atoms with Crippen molar-refractivity contribution < 1.29 is 4.42 Å². The molecule has 0 fully saturated rings. The third kappa shape index (κ3) is 4.57. The van der Waals surface area contributed by atoms with E-state index in [1.165, 1.54) is 0 Å². The Kier molecular flexibility index (Phi) is 6.03. The number of likely N-dealkylation sites (N-methyl/N-ethyl adjacent to an activating group) is 1. The van der Waals surface area contributed by atoms with E-state index in [2.05, 4.69) is 63.0 Å². The Bertz CT molecular complexity index is 306. The van der Waals surface area contributed by atoms with E-state index in [1.807, 2.05) is 6.07 Å². The van der Waals surface area contributed by atoms with E-state index in [1.54, 1.807) is 0 Å². The van der Waals surface area contributed by atoms with Gasteiger partial charge in [-0.3, -0.25) is 0 Å². The van der Waals surface area contributed by atoms with Crippen LogP contribution in [0.15, 0.2) is 19.6 Å². The first-order valence-electron chi connectivity index (χ1n) is 5.35. The summed E-state index contributed by atoms with van der Waals surface area (Å²) in [4.78, 5) is 2.31. The highest BCUT2D eigenvalue weighted by Crippen LogP contribution is 2.26. The number of nitrogens with zero attached hydrogens (tertiary/aromatic N) is 1. The quantitative estimate of drug-likeness (QED) is 0.796. The molecular weight excluding hydrogens is 336 g/mol. The zero-order valence-electron chi connectivity index (χ0n) is 9.89. The number of halogens is 2. The molecule has 0 amide bonds. The summed E-state index contributed by atoms with van der Waals surface area (Å²) in [6.45, 7) is 7.16. The van der Waals surface area contributed by atoms with Crippen LogP contribution in [0.4, 0.5) is 0 Å². The van der Waals surface area contributed by atoms with Gasteiger partial charge >= 0.3 is 0 Å². The smallest absolute Gasteiger partial charge is 0.183 e. The molecule has 0 unspecified atom stereocenters. The Morgan fingerprint density at radius 1 is 1.44 bits per heavy atom. The van der Waals surface area contributed by atoms with Crippen LogP contribution in [-0.4, -0.2) is 31.1 Å². The zero-order valence-corrected chi connectivity index (χ0v) is 13.1. The highest BCUT2D eigenvalue weighted by Gasteiger charge is 2.06. The first-order valence-corrected chi connectivity index (χ1v) is 6.94. The summed E-state index contributed by atoms with van der Waals surface area (Å²) in [5, 5.41) is 3.35. The van der Waals surface area contributed by atoms with Crippen LogP contribution in [0.5, 0.6) is 0 Å². The predicted molar refractivity (Wildman–Crippen MR) is 73.6 cm³/mol. The van der Waals surface area contributed by atoms with E-state index in [4.69, 9.17) is 4.42 Å². The maximum Gasteiger partial charge on any atom is 0.183 e. The summed E-state index contributed by atoms with van der Waals surface area (Å²) in [6, 6.07) is 2.57. The van der Waals surface area contributed by atoms with Crippen molar-refractivity contribution in [2.45, 2.75) is 26.4 Å². The number of furan rings is 1. The molecule has 0 atom stereocenters. The molecule has 1 N–H and O–H groups in total. The van der Waals surface area contributed by atoms with E-state index in [0.717, 1.165) is 34.5 Å². The maximum atomic E-state index is 5.46. The van der Waals surface area contributed by atoms with Crippen molar-refractivity contribution in [1.29, 1.82) is 0 Å². The van der Waals surface area contributed by atoms with Crippen LogP contribution in [-0.2, 0) is 6.54 Å². The van der Waals surface area contributed by atoms with Gasteiger partial charge in [0, 0.05) is 19.1 Å². The zero-order chi connectivity index (χ0) is 12.1. The second kappa shape index (κ2) is 6.79. The van der Waals surface area contributed by atoms with Crippen molar-refractivity contribution in [3.8, 4) is 0 Å². The molecule has 3 nitrogen and oxygen atoms in total. The summed E-state index contributed by atoms with van der Waals surface area (Å²) in [7, 11) is 2.13. The van der Waals surface area contributed by atoms with Gasteiger partial charge in [-0.15, -0.1) is 0 Å². The second-order valence-corrected chi connectivity index (χ2v) is 5.66. The van der Waals surface area contributed by atoms with Crippen molar-refractivity contribution >= 4 is 31.9 Å². The van der Waals surface area contributed by atoms with Gasteiger partial charge in [-0.2, -0.15) is 0 Å². The Balaban J connectivity index is 2.21. The van der Waals surface area contributed by atoms with Gasteiger partial charge in [-0.1, -0.05) is 0 Å². The molecule has 0 aliphatic carbocycles. The third-order valence-corrected chi connectivity index (χ3v) is 4.23. The van der Waals surface area contributed by atoms with Gasteiger partial charge in [0.2, 0.25) is 0 Å². The van der Waals surface area contributed by atoms with E-state index < -0.39 is 0 Å². The van der Waals surface area contributed by atoms with E-state index >= 15 is 0 Å². The Morgan fingerprint density at radius 2 is 2.12 bits per heavy atom. The molecule has 1 rings (SSSR count). The molecule has 0 aliphatic heterocycles. The van der Waals surface area contributed by atoms with E-state index in [9.17, 15) is 0 Å². The minimum atomic E-state index is 0.591. The van der Waals surface area contributed by atoms with Gasteiger partial charge in [0.25, 0.3) is 0 Å². The lowest BCUT2D eigenvalue weighted by molar-refractivity contribution is 0.272. The summed E-state index contributed by atoms with van der Waals surface area (Å²) < 4.78 is 7.18. The van der Waals surface area contributed by atoms with Crippen molar-refractivity contribution in [2.24, 2.45) is 0 Å². The van der Waals surface area contributed by atoms with Gasteiger partial charge in [0.05, 0.1) is 11.0 Å². The molecule has 1 heterocycles. The van der Waals surface area contributed by atoms with Gasteiger partial charge in [-0.05, 0) is 58.8 Å². The molecule has 16 heavy (non-hydrogen) atoms. The van der Waals surface area contributed by atoms with Crippen molar-refractivity contribution in [1.82, 2.24) is 10.2 Å². The molecule has 92 valence electrons. The molecule has 0 radical (unpaired) electrons. The molecule has 1 aromatic rings. The van der Waals surface area contributed by atoms with E-state index in [-0.39, 0.29) is 0 Å². The van der Waals surface area contributed by atoms with Crippen molar-refractivity contribution in [3.63, 3.8) is 0 Å². The standard InChI is InChI=1S/C11H18Br2N2O/c1-8(2)15(3)5-4-14-7-9-6-10(12)11(13)16-9/h6,8,14H,4-5,7H2,1-3H3. The summed E-state index contributed by atoms with van der Waals surface area (Å²) in [6.07, 6.45) is 0. The van der Waals surface area contributed by atoms with Crippen LogP contribution in [0.1, 0.15) is 19.6 Å². The number of hydrogen-bond acceptors (Lipinski definition) is 3. The topological polar surface area (TPSA) is 28.4 Å². The van der Waals surface area contributed by atoms with Crippen LogP contribution in [0.25, 0.3) is 0 Å². The Hall–Kier alpha value is 0.160. The monoisotopic (exact) mass is 352 g/mol. The highest BCUT2D eigenvalue weighted by molar-refractivity contribution is 9.13. The van der Waals surface area contributed by atoms with Crippen molar-refractivity contribution in [2.75, 3.05) is 20.1 Å². The fraction of sp³-hybridized carbons (Fsp3) is 0.636. The van der Waals surface area contributed by atoms with Crippen molar-refractivity contribution in [3.05, 3.63) is 21.0 Å². The van der Waals surface area contributed by atoms with Gasteiger partial charge in [0.1, 0.15) is 5.76 Å². The third-order valence-electron chi connectivity index (χ3n) is 2.52. The minimum Gasteiger partial charge on any atom is -0.452 e. The molecule has 5 heteroatoms. The predicted octanol–water partition coefficient (Wildman–Crippen LogP) is 3.23. The van der Waals surface area contributed by atoms with Crippen LogP contribution in [0.3, 0.4) is 0 Å².